The molecule has 0 aliphatic heterocycles. The third-order valence-electron chi connectivity index (χ3n) is 8.26. The van der Waals surface area contributed by atoms with Crippen molar-refractivity contribution in [3.05, 3.63) is 84.1 Å². The Kier molecular flexibility index (Phi) is 8.55. The number of benzene rings is 2. The SMILES string of the molecule is CNC(=O)CCCNC(=O)c1ccc2c(c1)nc(-c1cc(NC(=O)c3cc(NC(=O)c4ccc5c(c4)ncn5C)cn3C)cn1C)n2C. The Labute approximate surface area is 275 Å². The number of imidazole rings is 2. The zero-order valence-electron chi connectivity index (χ0n) is 27.3. The molecule has 246 valence electrons. The van der Waals surface area contributed by atoms with Crippen LogP contribution in [0.15, 0.2) is 67.3 Å². The van der Waals surface area contributed by atoms with Gasteiger partial charge in [0.1, 0.15) is 5.69 Å². The third-order valence-corrected chi connectivity index (χ3v) is 8.26. The highest BCUT2D eigenvalue weighted by atomic mass is 16.2. The Morgan fingerprint density at radius 2 is 1.40 bits per heavy atom. The van der Waals surface area contributed by atoms with E-state index in [2.05, 4.69) is 26.3 Å². The van der Waals surface area contributed by atoms with E-state index in [1.165, 1.54) is 0 Å². The molecule has 0 saturated heterocycles. The van der Waals surface area contributed by atoms with Crippen LogP contribution < -0.4 is 21.3 Å². The van der Waals surface area contributed by atoms with Gasteiger partial charge in [-0.15, -0.1) is 0 Å². The van der Waals surface area contributed by atoms with Crippen LogP contribution in [0.5, 0.6) is 0 Å². The summed E-state index contributed by atoms with van der Waals surface area (Å²) in [7, 11) is 8.96. The second kappa shape index (κ2) is 12.9. The number of rotatable bonds is 10. The number of aryl methyl sites for hydroxylation is 4. The van der Waals surface area contributed by atoms with Crippen molar-refractivity contribution in [1.29, 1.82) is 0 Å². The number of carbonyl (C=O) groups excluding carboxylic acids is 4. The van der Waals surface area contributed by atoms with Gasteiger partial charge in [0, 0.05) is 71.7 Å². The van der Waals surface area contributed by atoms with Crippen molar-refractivity contribution in [3.8, 4) is 11.5 Å². The second-order valence-electron chi connectivity index (χ2n) is 11.6. The molecule has 0 spiro atoms. The maximum absolute atomic E-state index is 13.3. The lowest BCUT2D eigenvalue weighted by Crippen LogP contribution is -2.26. The molecule has 0 aliphatic carbocycles. The molecule has 4 aromatic heterocycles. The number of fused-ring (bicyclic) bond motifs is 2. The predicted molar refractivity (Wildman–Crippen MR) is 183 cm³/mol. The topological polar surface area (TPSA) is 162 Å². The molecule has 0 saturated carbocycles. The van der Waals surface area contributed by atoms with Crippen molar-refractivity contribution in [2.45, 2.75) is 12.8 Å². The molecule has 4 heterocycles. The van der Waals surface area contributed by atoms with E-state index >= 15 is 0 Å². The van der Waals surface area contributed by atoms with Gasteiger partial charge in [0.05, 0.1) is 45.5 Å². The summed E-state index contributed by atoms with van der Waals surface area (Å²) in [5, 5.41) is 11.2. The molecule has 0 atom stereocenters. The van der Waals surface area contributed by atoms with Crippen molar-refractivity contribution in [2.75, 3.05) is 24.2 Å². The molecule has 6 rings (SSSR count). The molecule has 0 radical (unpaired) electrons. The fourth-order valence-electron chi connectivity index (χ4n) is 5.64. The van der Waals surface area contributed by atoms with E-state index in [1.807, 2.05) is 53.0 Å². The number of nitrogens with one attached hydrogen (secondary N) is 4. The van der Waals surface area contributed by atoms with Gasteiger partial charge in [-0.25, -0.2) is 9.97 Å². The Bertz CT molecular complexity index is 2220. The Hall–Kier alpha value is -6.18. The summed E-state index contributed by atoms with van der Waals surface area (Å²) in [6, 6.07) is 14.1. The quantitative estimate of drug-likeness (QED) is 0.166. The van der Waals surface area contributed by atoms with Gasteiger partial charge in [0.25, 0.3) is 17.7 Å². The van der Waals surface area contributed by atoms with Gasteiger partial charge in [-0.3, -0.25) is 19.2 Å². The van der Waals surface area contributed by atoms with Gasteiger partial charge in [-0.2, -0.15) is 0 Å². The second-order valence-corrected chi connectivity index (χ2v) is 11.6. The highest BCUT2D eigenvalue weighted by Crippen LogP contribution is 2.28. The zero-order chi connectivity index (χ0) is 34.1. The first kappa shape index (κ1) is 31.8. The molecule has 0 unspecified atom stereocenters. The average Bonchev–Trinajstić information content (AvgIpc) is 3.82. The van der Waals surface area contributed by atoms with Gasteiger partial charge in [0.2, 0.25) is 5.91 Å². The normalized spacial score (nSPS) is 11.2. The molecular formula is C34H36N10O4. The van der Waals surface area contributed by atoms with Crippen molar-refractivity contribution in [2.24, 2.45) is 28.2 Å². The first-order chi connectivity index (χ1) is 23.0. The lowest BCUT2D eigenvalue weighted by atomic mass is 10.2. The number of hydrogen-bond acceptors (Lipinski definition) is 6. The number of carbonyl (C=O) groups is 4. The maximum Gasteiger partial charge on any atom is 0.272 e. The van der Waals surface area contributed by atoms with Crippen LogP contribution in [-0.4, -0.2) is 65.5 Å². The van der Waals surface area contributed by atoms with Crippen molar-refractivity contribution in [3.63, 3.8) is 0 Å². The standard InChI is InChI=1S/C34H36N10O4/c1-35-30(45)7-6-12-36-32(46)20-9-11-27-25(14-20)40-31(44(27)5)28-15-22(17-41(28)2)39-34(48)29-16-23(18-42(29)3)38-33(47)21-8-10-26-24(13-21)37-19-43(26)4/h8-11,13-19H,6-7,12H2,1-5H3,(H,35,45)(H,36,46)(H,38,47)(H,39,48). The monoisotopic (exact) mass is 648 g/mol. The minimum Gasteiger partial charge on any atom is -0.359 e. The summed E-state index contributed by atoms with van der Waals surface area (Å²) in [4.78, 5) is 59.5. The van der Waals surface area contributed by atoms with Crippen LogP contribution in [0.2, 0.25) is 0 Å². The minimum atomic E-state index is -0.346. The van der Waals surface area contributed by atoms with Crippen molar-refractivity contribution in [1.82, 2.24) is 38.9 Å². The van der Waals surface area contributed by atoms with Crippen LogP contribution in [0.3, 0.4) is 0 Å². The van der Waals surface area contributed by atoms with E-state index in [0.29, 0.717) is 58.9 Å². The van der Waals surface area contributed by atoms with Crippen LogP contribution in [-0.2, 0) is 33.0 Å². The Morgan fingerprint density at radius 3 is 2.17 bits per heavy atom. The van der Waals surface area contributed by atoms with Crippen LogP contribution in [0.4, 0.5) is 11.4 Å². The molecule has 0 aliphatic rings. The van der Waals surface area contributed by atoms with E-state index in [4.69, 9.17) is 4.98 Å². The lowest BCUT2D eigenvalue weighted by molar-refractivity contribution is -0.120. The molecule has 2 aromatic carbocycles. The fourth-order valence-corrected chi connectivity index (χ4v) is 5.64. The lowest BCUT2D eigenvalue weighted by Gasteiger charge is -2.05. The van der Waals surface area contributed by atoms with Crippen LogP contribution in [0.1, 0.15) is 44.0 Å². The Balaban J connectivity index is 1.13. The zero-order valence-corrected chi connectivity index (χ0v) is 27.3. The number of aromatic nitrogens is 6. The highest BCUT2D eigenvalue weighted by molar-refractivity contribution is 6.08. The summed E-state index contributed by atoms with van der Waals surface area (Å²) in [6.45, 7) is 0.386. The van der Waals surface area contributed by atoms with E-state index in [0.717, 1.165) is 22.2 Å². The van der Waals surface area contributed by atoms with E-state index in [1.54, 1.807) is 67.7 Å². The summed E-state index contributed by atoms with van der Waals surface area (Å²) in [6.07, 6.45) is 6.06. The first-order valence-corrected chi connectivity index (χ1v) is 15.3. The van der Waals surface area contributed by atoms with Gasteiger partial charge >= 0.3 is 0 Å². The molecule has 48 heavy (non-hydrogen) atoms. The molecule has 14 nitrogen and oxygen atoms in total. The van der Waals surface area contributed by atoms with Crippen LogP contribution in [0, 0.1) is 0 Å². The highest BCUT2D eigenvalue weighted by Gasteiger charge is 2.19. The number of anilines is 2. The molecule has 14 heteroatoms. The van der Waals surface area contributed by atoms with Crippen LogP contribution >= 0.6 is 0 Å². The summed E-state index contributed by atoms with van der Waals surface area (Å²) in [5.74, 6) is -0.300. The number of hydrogen-bond donors (Lipinski definition) is 4. The average molecular weight is 649 g/mol. The third kappa shape index (κ3) is 6.27. The molecule has 6 aromatic rings. The fraction of sp³-hybridized carbons (Fsp3) is 0.235. The molecule has 0 fully saturated rings. The smallest absolute Gasteiger partial charge is 0.272 e. The van der Waals surface area contributed by atoms with Crippen molar-refractivity contribution < 1.29 is 19.2 Å². The van der Waals surface area contributed by atoms with Gasteiger partial charge in [-0.1, -0.05) is 0 Å². The molecule has 4 N–H and O–H groups in total. The summed E-state index contributed by atoms with van der Waals surface area (Å²) >= 11 is 0. The predicted octanol–water partition coefficient (Wildman–Crippen LogP) is 3.56. The molecular weight excluding hydrogens is 612 g/mol. The molecule has 4 amide bonds. The largest absolute Gasteiger partial charge is 0.359 e. The van der Waals surface area contributed by atoms with E-state index in [9.17, 15) is 19.2 Å². The Morgan fingerprint density at radius 1 is 0.729 bits per heavy atom. The number of amides is 4. The van der Waals surface area contributed by atoms with Crippen LogP contribution in [0.25, 0.3) is 33.6 Å². The summed E-state index contributed by atoms with van der Waals surface area (Å²) < 4.78 is 7.33. The van der Waals surface area contributed by atoms with Gasteiger partial charge in [0.15, 0.2) is 5.82 Å². The maximum atomic E-state index is 13.3. The summed E-state index contributed by atoms with van der Waals surface area (Å²) in [5.41, 5.74) is 6.23. The van der Waals surface area contributed by atoms with E-state index < -0.39 is 0 Å². The van der Waals surface area contributed by atoms with Gasteiger partial charge in [-0.05, 0) is 55.0 Å². The minimum absolute atomic E-state index is 0.0685. The van der Waals surface area contributed by atoms with Gasteiger partial charge < -0.3 is 39.5 Å². The first-order valence-electron chi connectivity index (χ1n) is 15.3. The number of nitrogens with zero attached hydrogens (tertiary/aromatic N) is 6. The van der Waals surface area contributed by atoms with Crippen molar-refractivity contribution >= 4 is 57.1 Å². The molecule has 0 bridgehead atoms. The van der Waals surface area contributed by atoms with E-state index in [-0.39, 0.29) is 23.6 Å².